The molecule has 1 atom stereocenters. The molecule has 0 aromatic heterocycles. The number of carboxylic acids is 1. The number of urea groups is 1. The van der Waals surface area contributed by atoms with Gasteiger partial charge in [-0.05, 0) is 30.5 Å². The average molecular weight is 312 g/mol. The highest BCUT2D eigenvalue weighted by molar-refractivity contribution is 7.84. The topological polar surface area (TPSA) is 95.5 Å². The van der Waals surface area contributed by atoms with E-state index in [-0.39, 0.29) is 12.5 Å². The number of nitrogens with one attached hydrogen (secondary N) is 2. The van der Waals surface area contributed by atoms with Crippen molar-refractivity contribution in [2.24, 2.45) is 0 Å². The summed E-state index contributed by atoms with van der Waals surface area (Å²) in [6, 6.07) is 6.74. The summed E-state index contributed by atoms with van der Waals surface area (Å²) >= 11 is 0. The van der Waals surface area contributed by atoms with E-state index < -0.39 is 16.8 Å². The lowest BCUT2D eigenvalue weighted by Crippen LogP contribution is -2.30. The van der Waals surface area contributed by atoms with Gasteiger partial charge in [0.15, 0.2) is 0 Å². The van der Waals surface area contributed by atoms with Crippen molar-refractivity contribution in [3.63, 3.8) is 0 Å². The minimum absolute atomic E-state index is 0.0893. The molecule has 0 spiro atoms. The van der Waals surface area contributed by atoms with Gasteiger partial charge in [-0.25, -0.2) is 4.79 Å². The Morgan fingerprint density at radius 3 is 2.48 bits per heavy atom. The van der Waals surface area contributed by atoms with Crippen molar-refractivity contribution in [2.45, 2.75) is 19.3 Å². The lowest BCUT2D eigenvalue weighted by Gasteiger charge is -2.08. The zero-order valence-electron chi connectivity index (χ0n) is 11.9. The second-order valence-electron chi connectivity index (χ2n) is 4.60. The highest BCUT2D eigenvalue weighted by atomic mass is 32.2. The quantitative estimate of drug-likeness (QED) is 0.635. The fraction of sp³-hybridized carbons (Fsp3) is 0.429. The lowest BCUT2D eigenvalue weighted by molar-refractivity contribution is -0.136. The first-order valence-corrected chi connectivity index (χ1v) is 8.35. The van der Waals surface area contributed by atoms with Gasteiger partial charge >= 0.3 is 12.0 Å². The summed E-state index contributed by atoms with van der Waals surface area (Å²) in [6.45, 7) is 0.474. The van der Waals surface area contributed by atoms with Gasteiger partial charge in [-0.2, -0.15) is 0 Å². The van der Waals surface area contributed by atoms with Crippen LogP contribution < -0.4 is 10.6 Å². The molecule has 7 heteroatoms. The number of rotatable bonds is 8. The molecule has 0 aliphatic heterocycles. The molecular formula is C14H20N2O4S. The first-order chi connectivity index (χ1) is 9.97. The van der Waals surface area contributed by atoms with Gasteiger partial charge in [0.05, 0.1) is 0 Å². The number of aliphatic carboxylic acids is 1. The number of benzene rings is 1. The smallest absolute Gasteiger partial charge is 0.319 e. The highest BCUT2D eigenvalue weighted by Gasteiger charge is 2.03. The van der Waals surface area contributed by atoms with Crippen LogP contribution in [-0.4, -0.2) is 39.9 Å². The molecule has 1 unspecified atom stereocenters. The zero-order chi connectivity index (χ0) is 15.7. The van der Waals surface area contributed by atoms with Crippen molar-refractivity contribution < 1.29 is 18.9 Å². The van der Waals surface area contributed by atoms with E-state index in [1.54, 1.807) is 30.5 Å². The Labute approximate surface area is 126 Å². The van der Waals surface area contributed by atoms with Crippen LogP contribution in [0.4, 0.5) is 10.5 Å². The van der Waals surface area contributed by atoms with Crippen LogP contribution in [0.5, 0.6) is 0 Å². The van der Waals surface area contributed by atoms with Crippen LogP contribution >= 0.6 is 0 Å². The van der Waals surface area contributed by atoms with E-state index in [1.807, 2.05) is 0 Å². The second kappa shape index (κ2) is 9.12. The number of aryl methyl sites for hydroxylation is 1. The predicted molar refractivity (Wildman–Crippen MR) is 83.0 cm³/mol. The van der Waals surface area contributed by atoms with Gasteiger partial charge in [0.2, 0.25) is 0 Å². The van der Waals surface area contributed by atoms with Gasteiger partial charge < -0.3 is 15.7 Å². The minimum atomic E-state index is -0.840. The fourth-order valence-corrected chi connectivity index (χ4v) is 2.21. The number of carbonyl (C=O) groups is 2. The second-order valence-corrected chi connectivity index (χ2v) is 6.16. The molecule has 1 aromatic carbocycles. The molecule has 0 saturated carbocycles. The van der Waals surface area contributed by atoms with Crippen LogP contribution in [-0.2, 0) is 22.0 Å². The Hall–Kier alpha value is -1.89. The molecule has 21 heavy (non-hydrogen) atoms. The summed E-state index contributed by atoms with van der Waals surface area (Å²) in [4.78, 5) is 22.0. The lowest BCUT2D eigenvalue weighted by atomic mass is 10.1. The highest BCUT2D eigenvalue weighted by Crippen LogP contribution is 2.11. The van der Waals surface area contributed by atoms with Crippen LogP contribution in [0.2, 0.25) is 0 Å². The number of anilines is 1. The van der Waals surface area contributed by atoms with E-state index in [1.165, 1.54) is 0 Å². The van der Waals surface area contributed by atoms with Crippen molar-refractivity contribution in [2.75, 3.05) is 23.9 Å². The molecule has 0 radical (unpaired) electrons. The molecule has 0 aliphatic carbocycles. The van der Waals surface area contributed by atoms with E-state index in [0.29, 0.717) is 30.8 Å². The number of hydrogen-bond donors (Lipinski definition) is 3. The first kappa shape index (κ1) is 17.2. The van der Waals surface area contributed by atoms with E-state index >= 15 is 0 Å². The number of hydrogen-bond acceptors (Lipinski definition) is 3. The molecule has 3 N–H and O–H groups in total. The third-order valence-corrected chi connectivity index (χ3v) is 3.60. The Bertz CT molecular complexity index is 502. The van der Waals surface area contributed by atoms with E-state index in [2.05, 4.69) is 10.6 Å². The maximum atomic E-state index is 11.6. The molecule has 1 rings (SSSR count). The molecule has 0 aliphatic rings. The predicted octanol–water partition coefficient (Wildman–Crippen LogP) is 1.59. The van der Waals surface area contributed by atoms with Crippen molar-refractivity contribution in [1.82, 2.24) is 5.32 Å². The van der Waals surface area contributed by atoms with Crippen LogP contribution in [0, 0.1) is 0 Å². The molecule has 0 fully saturated rings. The van der Waals surface area contributed by atoms with Crippen molar-refractivity contribution in [3.05, 3.63) is 29.8 Å². The van der Waals surface area contributed by atoms with E-state index in [9.17, 15) is 13.8 Å². The van der Waals surface area contributed by atoms with E-state index in [0.717, 1.165) is 5.56 Å². The zero-order valence-corrected chi connectivity index (χ0v) is 12.7. The molecule has 116 valence electrons. The largest absolute Gasteiger partial charge is 0.481 e. The third-order valence-electron chi connectivity index (χ3n) is 2.73. The summed E-state index contributed by atoms with van der Waals surface area (Å²) in [5.74, 6) is -0.261. The van der Waals surface area contributed by atoms with Gasteiger partial charge in [-0.1, -0.05) is 12.1 Å². The Morgan fingerprint density at radius 1 is 1.24 bits per heavy atom. The molecular weight excluding hydrogens is 292 g/mol. The fourth-order valence-electron chi connectivity index (χ4n) is 1.66. The number of carboxylic acid groups (broad SMARTS) is 1. The summed E-state index contributed by atoms with van der Waals surface area (Å²) in [6.07, 6.45) is 2.86. The molecule has 1 aromatic rings. The number of carbonyl (C=O) groups excluding carboxylic acids is 1. The number of amides is 2. The molecule has 0 heterocycles. The van der Waals surface area contributed by atoms with Crippen LogP contribution in [0.3, 0.4) is 0 Å². The standard InChI is InChI=1S/C14H20N2O4S/c1-21(20)10-2-9-15-14(19)16-12-6-3-11(4-7-12)5-8-13(17)18/h3-4,6-7H,2,5,8-10H2,1H3,(H,17,18)(H2,15,16,19). The first-order valence-electron chi connectivity index (χ1n) is 6.63. The van der Waals surface area contributed by atoms with Gasteiger partial charge in [-0.15, -0.1) is 0 Å². The Kier molecular flexibility index (Phi) is 7.45. The van der Waals surface area contributed by atoms with Gasteiger partial charge in [0.25, 0.3) is 0 Å². The molecule has 0 saturated heterocycles. The maximum absolute atomic E-state index is 11.6. The van der Waals surface area contributed by atoms with Crippen LogP contribution in [0.15, 0.2) is 24.3 Å². The van der Waals surface area contributed by atoms with E-state index in [4.69, 9.17) is 5.11 Å². The summed E-state index contributed by atoms with van der Waals surface area (Å²) in [5.41, 5.74) is 1.56. The summed E-state index contributed by atoms with van der Waals surface area (Å²) in [5, 5.41) is 14.0. The van der Waals surface area contributed by atoms with Crippen LogP contribution in [0.1, 0.15) is 18.4 Å². The van der Waals surface area contributed by atoms with Crippen LogP contribution in [0.25, 0.3) is 0 Å². The van der Waals surface area contributed by atoms with Crippen molar-refractivity contribution in [1.29, 1.82) is 0 Å². The Balaban J connectivity index is 2.32. The third kappa shape index (κ3) is 8.09. The Morgan fingerprint density at radius 2 is 1.90 bits per heavy atom. The van der Waals surface area contributed by atoms with Gasteiger partial charge in [0, 0.05) is 41.5 Å². The van der Waals surface area contributed by atoms with Gasteiger partial charge in [0.1, 0.15) is 0 Å². The normalized spacial score (nSPS) is 11.7. The van der Waals surface area contributed by atoms with Crippen molar-refractivity contribution in [3.8, 4) is 0 Å². The maximum Gasteiger partial charge on any atom is 0.319 e. The summed E-state index contributed by atoms with van der Waals surface area (Å²) in [7, 11) is -0.840. The molecule has 0 bridgehead atoms. The molecule has 6 nitrogen and oxygen atoms in total. The van der Waals surface area contributed by atoms with Gasteiger partial charge in [-0.3, -0.25) is 9.00 Å². The van der Waals surface area contributed by atoms with Crippen molar-refractivity contribution >= 4 is 28.5 Å². The monoisotopic (exact) mass is 312 g/mol. The minimum Gasteiger partial charge on any atom is -0.481 e. The average Bonchev–Trinajstić information content (AvgIpc) is 2.42. The molecule has 2 amide bonds. The summed E-state index contributed by atoms with van der Waals surface area (Å²) < 4.78 is 10.9. The SMILES string of the molecule is CS(=O)CCCNC(=O)Nc1ccc(CCC(=O)O)cc1.